The standard InChI is InChI=1S/C16H27NO4S2/c1-14(2)12-4-5-16(14,13(18)8-12)11-23(19,20)17-9-15(21-3)6-7-22-10-15/h12,17H,4-11H2,1-3H3. The molecule has 0 radical (unpaired) electrons. The van der Waals surface area contributed by atoms with E-state index in [2.05, 4.69) is 18.6 Å². The van der Waals surface area contributed by atoms with Crippen LogP contribution < -0.4 is 4.72 Å². The van der Waals surface area contributed by atoms with Crippen LogP contribution >= 0.6 is 11.8 Å². The van der Waals surface area contributed by atoms with Crippen LogP contribution in [-0.4, -0.2) is 50.7 Å². The van der Waals surface area contributed by atoms with Crippen LogP contribution in [-0.2, 0) is 19.6 Å². The van der Waals surface area contributed by atoms with Crippen LogP contribution in [0.5, 0.6) is 0 Å². The van der Waals surface area contributed by atoms with Crippen molar-refractivity contribution < 1.29 is 17.9 Å². The van der Waals surface area contributed by atoms with Crippen LogP contribution in [0.4, 0.5) is 0 Å². The molecule has 1 saturated heterocycles. The SMILES string of the molecule is COC1(CNS(=O)(=O)CC23CCC(CC2=O)C3(C)C)CCSC1. The lowest BCUT2D eigenvalue weighted by Gasteiger charge is -2.36. The highest BCUT2D eigenvalue weighted by Crippen LogP contribution is 2.64. The lowest BCUT2D eigenvalue weighted by molar-refractivity contribution is -0.128. The molecule has 0 aromatic heterocycles. The van der Waals surface area contributed by atoms with Gasteiger partial charge in [-0.2, -0.15) is 11.8 Å². The topological polar surface area (TPSA) is 72.5 Å². The monoisotopic (exact) mass is 361 g/mol. The second kappa shape index (κ2) is 5.71. The van der Waals surface area contributed by atoms with Crippen molar-refractivity contribution in [2.75, 3.05) is 30.9 Å². The average molecular weight is 362 g/mol. The van der Waals surface area contributed by atoms with Gasteiger partial charge in [-0.05, 0) is 36.3 Å². The normalized spacial score (nSPS) is 39.3. The van der Waals surface area contributed by atoms with E-state index in [9.17, 15) is 13.2 Å². The Morgan fingerprint density at radius 2 is 2.09 bits per heavy atom. The zero-order valence-electron chi connectivity index (χ0n) is 14.2. The highest BCUT2D eigenvalue weighted by atomic mass is 32.2. The van der Waals surface area contributed by atoms with Crippen molar-refractivity contribution in [3.8, 4) is 0 Å². The molecule has 23 heavy (non-hydrogen) atoms. The summed E-state index contributed by atoms with van der Waals surface area (Å²) in [5.41, 5.74) is -1.32. The number of ether oxygens (including phenoxy) is 1. The van der Waals surface area contributed by atoms with Gasteiger partial charge in [0, 0.05) is 31.2 Å². The average Bonchev–Trinajstić information content (AvgIpc) is 3.09. The van der Waals surface area contributed by atoms with Gasteiger partial charge in [0.25, 0.3) is 0 Å². The van der Waals surface area contributed by atoms with E-state index in [1.165, 1.54) is 0 Å². The summed E-state index contributed by atoms with van der Waals surface area (Å²) in [6, 6.07) is 0. The Morgan fingerprint density at radius 1 is 1.35 bits per heavy atom. The molecule has 5 nitrogen and oxygen atoms in total. The number of thioether (sulfide) groups is 1. The molecule has 3 rings (SSSR count). The molecule has 132 valence electrons. The van der Waals surface area contributed by atoms with Gasteiger partial charge in [-0.15, -0.1) is 0 Å². The third-order valence-corrected chi connectivity index (χ3v) is 9.37. The van der Waals surface area contributed by atoms with Crippen molar-refractivity contribution in [1.29, 1.82) is 0 Å². The second-order valence-corrected chi connectivity index (χ2v) is 10.8. The molecule has 1 N–H and O–H groups in total. The van der Waals surface area contributed by atoms with Crippen molar-refractivity contribution in [3.05, 3.63) is 0 Å². The molecule has 2 saturated carbocycles. The third kappa shape index (κ3) is 2.77. The van der Waals surface area contributed by atoms with Crippen LogP contribution in [0.2, 0.25) is 0 Å². The number of rotatable bonds is 6. The second-order valence-electron chi connectivity index (χ2n) is 7.94. The maximum absolute atomic E-state index is 12.7. The summed E-state index contributed by atoms with van der Waals surface area (Å²) in [4.78, 5) is 12.5. The van der Waals surface area contributed by atoms with Crippen molar-refractivity contribution in [3.63, 3.8) is 0 Å². The number of Topliss-reactive ketones (excluding diaryl/α,β-unsaturated/α-hetero) is 1. The maximum atomic E-state index is 12.7. The molecule has 2 aliphatic carbocycles. The number of hydrogen-bond acceptors (Lipinski definition) is 5. The molecule has 7 heteroatoms. The van der Waals surface area contributed by atoms with Gasteiger partial charge >= 0.3 is 0 Å². The van der Waals surface area contributed by atoms with Gasteiger partial charge in [0.05, 0.1) is 11.4 Å². The minimum Gasteiger partial charge on any atom is -0.376 e. The van der Waals surface area contributed by atoms with Crippen molar-refractivity contribution >= 4 is 27.6 Å². The van der Waals surface area contributed by atoms with E-state index in [0.717, 1.165) is 24.3 Å². The zero-order chi connectivity index (χ0) is 16.9. The van der Waals surface area contributed by atoms with Gasteiger partial charge in [0.15, 0.2) is 0 Å². The molecule has 0 amide bonds. The first kappa shape index (κ1) is 17.7. The van der Waals surface area contributed by atoms with E-state index < -0.39 is 21.0 Å². The fraction of sp³-hybridized carbons (Fsp3) is 0.938. The van der Waals surface area contributed by atoms with Gasteiger partial charge in [0.1, 0.15) is 5.78 Å². The quantitative estimate of drug-likeness (QED) is 0.781. The molecular weight excluding hydrogens is 334 g/mol. The van der Waals surface area contributed by atoms with Gasteiger partial charge in [-0.25, -0.2) is 13.1 Å². The summed E-state index contributed by atoms with van der Waals surface area (Å²) in [6.45, 7) is 4.43. The number of carbonyl (C=O) groups is 1. The van der Waals surface area contributed by atoms with Crippen LogP contribution in [0.3, 0.4) is 0 Å². The molecule has 0 spiro atoms. The number of nitrogens with one attached hydrogen (secondary N) is 1. The molecule has 1 aliphatic heterocycles. The Balaban J connectivity index is 1.73. The molecule has 3 atom stereocenters. The first-order valence-corrected chi connectivity index (χ1v) is 11.1. The molecule has 3 aliphatic rings. The summed E-state index contributed by atoms with van der Waals surface area (Å²) in [5.74, 6) is 2.20. The highest BCUT2D eigenvalue weighted by Gasteiger charge is 2.65. The Hall–Kier alpha value is -0.110. The largest absolute Gasteiger partial charge is 0.376 e. The minimum absolute atomic E-state index is 0.0741. The van der Waals surface area contributed by atoms with Gasteiger partial charge < -0.3 is 4.74 Å². The van der Waals surface area contributed by atoms with Crippen molar-refractivity contribution in [1.82, 2.24) is 4.72 Å². The summed E-state index contributed by atoms with van der Waals surface area (Å²) >= 11 is 1.79. The fourth-order valence-electron chi connectivity index (χ4n) is 4.69. The Kier molecular flexibility index (Phi) is 4.40. The van der Waals surface area contributed by atoms with Crippen molar-refractivity contribution in [2.24, 2.45) is 16.7 Å². The molecule has 3 fully saturated rings. The number of ketones is 1. The number of methoxy groups -OCH3 is 1. The minimum atomic E-state index is -3.51. The number of carbonyl (C=O) groups excluding carboxylic acids is 1. The van der Waals surface area contributed by atoms with Gasteiger partial charge in [-0.3, -0.25) is 4.79 Å². The maximum Gasteiger partial charge on any atom is 0.212 e. The lowest BCUT2D eigenvalue weighted by atomic mass is 9.70. The summed E-state index contributed by atoms with van der Waals surface area (Å²) in [5, 5.41) is 0. The Bertz CT molecular complexity index is 595. The van der Waals surface area contributed by atoms with E-state index >= 15 is 0 Å². The van der Waals surface area contributed by atoms with Gasteiger partial charge in [-0.1, -0.05) is 13.8 Å². The van der Waals surface area contributed by atoms with Crippen molar-refractivity contribution in [2.45, 2.75) is 45.1 Å². The summed E-state index contributed by atoms with van der Waals surface area (Å²) in [6.07, 6.45) is 3.07. The predicted molar refractivity (Wildman–Crippen MR) is 92.0 cm³/mol. The van der Waals surface area contributed by atoms with Crippen LogP contribution in [0, 0.1) is 16.7 Å². The molecule has 1 heterocycles. The molecular formula is C16H27NO4S2. The van der Waals surface area contributed by atoms with E-state index in [4.69, 9.17) is 4.74 Å². The smallest absolute Gasteiger partial charge is 0.212 e. The summed E-state index contributed by atoms with van der Waals surface area (Å²) < 4.78 is 33.7. The highest BCUT2D eigenvalue weighted by molar-refractivity contribution is 7.99. The van der Waals surface area contributed by atoms with Crippen LogP contribution in [0.25, 0.3) is 0 Å². The first-order chi connectivity index (χ1) is 10.7. The Morgan fingerprint density at radius 3 is 2.57 bits per heavy atom. The first-order valence-electron chi connectivity index (χ1n) is 8.30. The number of hydrogen-bond donors (Lipinski definition) is 1. The van der Waals surface area contributed by atoms with E-state index in [-0.39, 0.29) is 17.0 Å². The number of fused-ring (bicyclic) bond motifs is 2. The van der Waals surface area contributed by atoms with E-state index in [1.54, 1.807) is 18.9 Å². The summed E-state index contributed by atoms with van der Waals surface area (Å²) in [7, 11) is -1.87. The Labute approximate surface area is 143 Å². The predicted octanol–water partition coefficient (Wildman–Crippen LogP) is 1.82. The van der Waals surface area contributed by atoms with E-state index in [0.29, 0.717) is 25.3 Å². The van der Waals surface area contributed by atoms with Gasteiger partial charge in [0.2, 0.25) is 10.0 Å². The van der Waals surface area contributed by atoms with E-state index in [1.807, 2.05) is 0 Å². The third-order valence-electron chi connectivity index (χ3n) is 6.69. The fourth-order valence-corrected chi connectivity index (χ4v) is 7.99. The van der Waals surface area contributed by atoms with Crippen LogP contribution in [0.1, 0.15) is 39.5 Å². The molecule has 3 unspecified atom stereocenters. The zero-order valence-corrected chi connectivity index (χ0v) is 15.8. The molecule has 2 bridgehead atoms. The molecule has 0 aromatic carbocycles. The molecule has 0 aromatic rings. The van der Waals surface area contributed by atoms with Crippen LogP contribution in [0.15, 0.2) is 0 Å². The lowest BCUT2D eigenvalue weighted by Crippen LogP contribution is -2.49. The number of sulfonamides is 1.